The van der Waals surface area contributed by atoms with Crippen molar-refractivity contribution in [2.45, 2.75) is 57.7 Å². The number of anilines is 2. The molecule has 0 spiro atoms. The topological polar surface area (TPSA) is 102 Å². The van der Waals surface area contributed by atoms with Crippen LogP contribution in [0.2, 0.25) is 0 Å². The number of benzene rings is 1. The van der Waals surface area contributed by atoms with Gasteiger partial charge in [-0.15, -0.1) is 0 Å². The van der Waals surface area contributed by atoms with Crippen LogP contribution in [-0.4, -0.2) is 34.2 Å². The van der Waals surface area contributed by atoms with Crippen molar-refractivity contribution in [2.75, 3.05) is 11.1 Å². The number of rotatable bonds is 4. The summed E-state index contributed by atoms with van der Waals surface area (Å²) in [5, 5.41) is 6.49. The molecule has 1 aliphatic rings. The Labute approximate surface area is 147 Å². The molecular formula is C18H25N5O2. The molecule has 0 saturated heterocycles. The van der Waals surface area contributed by atoms with E-state index in [4.69, 9.17) is 10.5 Å². The summed E-state index contributed by atoms with van der Waals surface area (Å²) in [6.45, 7) is 3.69. The number of nitrogen functional groups attached to an aromatic ring is 1. The summed E-state index contributed by atoms with van der Waals surface area (Å²) < 4.78 is 5.14. The highest BCUT2D eigenvalue weighted by Gasteiger charge is 2.23. The molecule has 25 heavy (non-hydrogen) atoms. The number of carbonyl (C=O) groups excluding carboxylic acids is 1. The van der Waals surface area contributed by atoms with Crippen LogP contribution in [0.3, 0.4) is 0 Å². The van der Waals surface area contributed by atoms with Gasteiger partial charge in [0.15, 0.2) is 0 Å². The monoisotopic (exact) mass is 343 g/mol. The summed E-state index contributed by atoms with van der Waals surface area (Å²) >= 11 is 0. The molecule has 0 atom stereocenters. The van der Waals surface area contributed by atoms with E-state index in [1.807, 2.05) is 26.0 Å². The highest BCUT2D eigenvalue weighted by molar-refractivity contribution is 5.90. The molecule has 1 aromatic heterocycles. The fourth-order valence-corrected chi connectivity index (χ4v) is 3.22. The van der Waals surface area contributed by atoms with Gasteiger partial charge < -0.3 is 21.1 Å². The van der Waals surface area contributed by atoms with Gasteiger partial charge >= 0.3 is 6.09 Å². The summed E-state index contributed by atoms with van der Waals surface area (Å²) in [5.74, 6) is 0. The Morgan fingerprint density at radius 1 is 1.16 bits per heavy atom. The van der Waals surface area contributed by atoms with Gasteiger partial charge in [-0.05, 0) is 51.7 Å². The number of aromatic nitrogens is 2. The predicted octanol–water partition coefficient (Wildman–Crippen LogP) is 3.07. The summed E-state index contributed by atoms with van der Waals surface area (Å²) in [4.78, 5) is 20.4. The van der Waals surface area contributed by atoms with E-state index >= 15 is 0 Å². The maximum atomic E-state index is 11.7. The van der Waals surface area contributed by atoms with E-state index in [9.17, 15) is 4.79 Å². The Balaban J connectivity index is 1.59. The van der Waals surface area contributed by atoms with Gasteiger partial charge in [-0.2, -0.15) is 0 Å². The molecular weight excluding hydrogens is 318 g/mol. The van der Waals surface area contributed by atoms with Crippen molar-refractivity contribution >= 4 is 28.5 Å². The Bertz CT molecular complexity index is 741. The Hall–Kier alpha value is -2.57. The zero-order chi connectivity index (χ0) is 17.8. The van der Waals surface area contributed by atoms with E-state index in [0.717, 1.165) is 42.4 Å². The molecule has 1 aliphatic carbocycles. The molecule has 3 rings (SSSR count). The van der Waals surface area contributed by atoms with Crippen LogP contribution in [-0.2, 0) is 4.74 Å². The van der Waals surface area contributed by atoms with Crippen LogP contribution in [0.15, 0.2) is 24.5 Å². The number of hydrogen-bond donors (Lipinski definition) is 3. The first-order valence-electron chi connectivity index (χ1n) is 8.75. The summed E-state index contributed by atoms with van der Waals surface area (Å²) in [5.41, 5.74) is 9.18. The zero-order valence-electron chi connectivity index (χ0n) is 14.7. The number of nitrogens with one attached hydrogen (secondary N) is 2. The Morgan fingerprint density at radius 2 is 1.84 bits per heavy atom. The molecule has 0 bridgehead atoms. The predicted molar refractivity (Wildman–Crippen MR) is 98.4 cm³/mol. The number of amides is 1. The molecule has 1 fully saturated rings. The molecule has 2 aromatic rings. The van der Waals surface area contributed by atoms with E-state index in [0.29, 0.717) is 11.7 Å². The van der Waals surface area contributed by atoms with Crippen LogP contribution in [0, 0.1) is 0 Å². The zero-order valence-corrected chi connectivity index (χ0v) is 14.7. The molecule has 1 heterocycles. The lowest BCUT2D eigenvalue weighted by molar-refractivity contribution is 0.110. The van der Waals surface area contributed by atoms with E-state index < -0.39 is 0 Å². The van der Waals surface area contributed by atoms with Crippen molar-refractivity contribution < 1.29 is 9.53 Å². The second-order valence-electron chi connectivity index (χ2n) is 6.78. The van der Waals surface area contributed by atoms with Crippen LogP contribution in [0.25, 0.3) is 11.0 Å². The second-order valence-corrected chi connectivity index (χ2v) is 6.78. The summed E-state index contributed by atoms with van der Waals surface area (Å²) in [6.07, 6.45) is 6.67. The van der Waals surface area contributed by atoms with E-state index in [2.05, 4.69) is 20.6 Å². The first-order chi connectivity index (χ1) is 12.0. The van der Waals surface area contributed by atoms with E-state index in [1.165, 1.54) is 0 Å². The molecule has 1 saturated carbocycles. The summed E-state index contributed by atoms with van der Waals surface area (Å²) in [7, 11) is 0. The van der Waals surface area contributed by atoms with Gasteiger partial charge in [-0.3, -0.25) is 9.97 Å². The number of carbonyl (C=O) groups is 1. The lowest BCUT2D eigenvalue weighted by Gasteiger charge is -2.30. The smallest absolute Gasteiger partial charge is 0.407 e. The molecule has 7 nitrogen and oxygen atoms in total. The standard InChI is InChI=1S/C18H25N5O2/c1-11(2)25-18(24)23-14-5-3-13(4-6-14)22-16-10-12(19)9-15-17(16)21-8-7-20-15/h7-11,13-14,22H,3-6,19H2,1-2H3,(H,23,24). The molecule has 0 aliphatic heterocycles. The fraction of sp³-hybridized carbons (Fsp3) is 0.500. The van der Waals surface area contributed by atoms with Gasteiger partial charge in [0.2, 0.25) is 0 Å². The van der Waals surface area contributed by atoms with Crippen molar-refractivity contribution in [3.63, 3.8) is 0 Å². The quantitative estimate of drug-likeness (QED) is 0.737. The SMILES string of the molecule is CC(C)OC(=O)NC1CCC(Nc2cc(N)cc3nccnc23)CC1. The van der Waals surface area contributed by atoms with Gasteiger partial charge in [0.05, 0.1) is 17.3 Å². The first kappa shape index (κ1) is 17.3. The molecule has 0 unspecified atom stereocenters. The molecule has 4 N–H and O–H groups in total. The lowest BCUT2D eigenvalue weighted by Crippen LogP contribution is -2.41. The number of nitrogens with zero attached hydrogens (tertiary/aromatic N) is 2. The van der Waals surface area contributed by atoms with Crippen LogP contribution in [0.5, 0.6) is 0 Å². The number of fused-ring (bicyclic) bond motifs is 1. The number of alkyl carbamates (subject to hydrolysis) is 1. The minimum absolute atomic E-state index is 0.101. The molecule has 0 radical (unpaired) electrons. The van der Waals surface area contributed by atoms with E-state index in [1.54, 1.807) is 12.4 Å². The number of nitrogens with two attached hydrogens (primary N) is 1. The van der Waals surface area contributed by atoms with Crippen LogP contribution in [0.1, 0.15) is 39.5 Å². The highest BCUT2D eigenvalue weighted by atomic mass is 16.6. The maximum absolute atomic E-state index is 11.7. The van der Waals surface area contributed by atoms with Gasteiger partial charge in [0, 0.05) is 30.2 Å². The van der Waals surface area contributed by atoms with Crippen molar-refractivity contribution in [1.82, 2.24) is 15.3 Å². The maximum Gasteiger partial charge on any atom is 0.407 e. The normalized spacial score (nSPS) is 20.4. The largest absolute Gasteiger partial charge is 0.447 e. The average Bonchev–Trinajstić information content (AvgIpc) is 2.55. The second kappa shape index (κ2) is 7.55. The van der Waals surface area contributed by atoms with Gasteiger partial charge in [-0.1, -0.05) is 0 Å². The third kappa shape index (κ3) is 4.49. The van der Waals surface area contributed by atoms with Gasteiger partial charge in [-0.25, -0.2) is 4.79 Å². The molecule has 1 amide bonds. The Morgan fingerprint density at radius 3 is 2.56 bits per heavy atom. The minimum atomic E-state index is -0.330. The van der Waals surface area contributed by atoms with Crippen molar-refractivity contribution in [2.24, 2.45) is 0 Å². The minimum Gasteiger partial charge on any atom is -0.447 e. The summed E-state index contributed by atoms with van der Waals surface area (Å²) in [6, 6.07) is 4.23. The third-order valence-corrected chi connectivity index (χ3v) is 4.35. The Kier molecular flexibility index (Phi) is 5.21. The molecule has 134 valence electrons. The molecule has 1 aromatic carbocycles. The molecule has 7 heteroatoms. The van der Waals surface area contributed by atoms with Gasteiger partial charge in [0.25, 0.3) is 0 Å². The van der Waals surface area contributed by atoms with Crippen molar-refractivity contribution in [3.05, 3.63) is 24.5 Å². The number of hydrogen-bond acceptors (Lipinski definition) is 6. The first-order valence-corrected chi connectivity index (χ1v) is 8.75. The van der Waals surface area contributed by atoms with Crippen molar-refractivity contribution in [3.8, 4) is 0 Å². The fourth-order valence-electron chi connectivity index (χ4n) is 3.22. The van der Waals surface area contributed by atoms with Crippen LogP contribution >= 0.6 is 0 Å². The third-order valence-electron chi connectivity index (χ3n) is 4.35. The lowest BCUT2D eigenvalue weighted by atomic mass is 9.91. The van der Waals surface area contributed by atoms with E-state index in [-0.39, 0.29) is 18.2 Å². The number of ether oxygens (including phenoxy) is 1. The van der Waals surface area contributed by atoms with Crippen molar-refractivity contribution in [1.29, 1.82) is 0 Å². The van der Waals surface area contributed by atoms with Crippen LogP contribution < -0.4 is 16.4 Å². The van der Waals surface area contributed by atoms with Gasteiger partial charge in [0.1, 0.15) is 5.52 Å². The highest BCUT2D eigenvalue weighted by Crippen LogP contribution is 2.28. The average molecular weight is 343 g/mol. The van der Waals surface area contributed by atoms with Crippen LogP contribution in [0.4, 0.5) is 16.2 Å².